The number of halogens is 1. The number of benzene rings is 2. The first-order valence-electron chi connectivity index (χ1n) is 8.87. The van der Waals surface area contributed by atoms with Crippen LogP contribution >= 0.6 is 23.4 Å². The number of methoxy groups -OCH3 is 1. The second-order valence-electron chi connectivity index (χ2n) is 6.08. The van der Waals surface area contributed by atoms with Crippen LogP contribution in [0.4, 0.5) is 17.3 Å². The number of nitrogen functional groups attached to an aromatic ring is 1. The maximum absolute atomic E-state index is 12.3. The summed E-state index contributed by atoms with van der Waals surface area (Å²) in [6, 6.07) is 10.7. The van der Waals surface area contributed by atoms with Gasteiger partial charge in [0.1, 0.15) is 5.75 Å². The molecule has 1 aromatic heterocycles. The molecule has 0 atom stereocenters. The van der Waals surface area contributed by atoms with Gasteiger partial charge in [0.15, 0.2) is 0 Å². The first-order valence-corrected chi connectivity index (χ1v) is 10.2. The highest BCUT2D eigenvalue weighted by atomic mass is 35.5. The molecular weight excluding hydrogens is 460 g/mol. The van der Waals surface area contributed by atoms with Crippen molar-refractivity contribution in [1.29, 1.82) is 0 Å². The second-order valence-corrected chi connectivity index (χ2v) is 7.46. The number of nitrogens with zero attached hydrogens (tertiary/aromatic N) is 5. The summed E-state index contributed by atoms with van der Waals surface area (Å²) in [4.78, 5) is 22.5. The Morgan fingerprint density at radius 1 is 1.34 bits per heavy atom. The van der Waals surface area contributed by atoms with Crippen LogP contribution in [-0.4, -0.2) is 44.8 Å². The Balaban J connectivity index is 1.55. The maximum atomic E-state index is 12.3. The highest BCUT2D eigenvalue weighted by molar-refractivity contribution is 7.99. The molecule has 3 rings (SSSR count). The summed E-state index contributed by atoms with van der Waals surface area (Å²) >= 11 is 7.03. The molecule has 12 nitrogen and oxygen atoms in total. The fourth-order valence-corrected chi connectivity index (χ4v) is 3.22. The molecule has 0 aliphatic carbocycles. The van der Waals surface area contributed by atoms with E-state index < -0.39 is 4.92 Å². The molecule has 0 saturated carbocycles. The topological polar surface area (TPSA) is 163 Å². The number of thioether (sulfide) groups is 1. The molecule has 2 aromatic carbocycles. The zero-order chi connectivity index (χ0) is 23.1. The maximum Gasteiger partial charge on any atom is 0.269 e. The lowest BCUT2D eigenvalue weighted by Crippen LogP contribution is -2.17. The smallest absolute Gasteiger partial charge is 0.269 e. The number of hydrogen-bond acceptors (Lipinski definition) is 10. The molecule has 1 amide bonds. The van der Waals surface area contributed by atoms with E-state index in [9.17, 15) is 14.9 Å². The van der Waals surface area contributed by atoms with Gasteiger partial charge in [-0.1, -0.05) is 23.4 Å². The van der Waals surface area contributed by atoms with E-state index in [2.05, 4.69) is 26.0 Å². The number of anilines is 2. The van der Waals surface area contributed by atoms with E-state index in [1.54, 1.807) is 30.3 Å². The minimum absolute atomic E-state index is 0.0110. The summed E-state index contributed by atoms with van der Waals surface area (Å²) in [7, 11) is 1.49. The van der Waals surface area contributed by atoms with Crippen molar-refractivity contribution in [3.8, 4) is 5.75 Å². The van der Waals surface area contributed by atoms with Crippen molar-refractivity contribution in [1.82, 2.24) is 14.9 Å². The van der Waals surface area contributed by atoms with Crippen LogP contribution in [0, 0.1) is 10.1 Å². The Bertz CT molecular complexity index is 1150. The van der Waals surface area contributed by atoms with Gasteiger partial charge < -0.3 is 15.9 Å². The molecule has 14 heteroatoms. The highest BCUT2D eigenvalue weighted by Crippen LogP contribution is 2.28. The van der Waals surface area contributed by atoms with E-state index in [-0.39, 0.29) is 28.5 Å². The van der Waals surface area contributed by atoms with Gasteiger partial charge >= 0.3 is 0 Å². The number of carbonyl (C=O) groups excluding carboxylic acids is 1. The first-order chi connectivity index (χ1) is 15.4. The van der Waals surface area contributed by atoms with Gasteiger partial charge in [0.05, 0.1) is 29.7 Å². The zero-order valence-electron chi connectivity index (χ0n) is 16.6. The number of ether oxygens (including phenoxy) is 1. The van der Waals surface area contributed by atoms with Gasteiger partial charge in [0.25, 0.3) is 11.6 Å². The largest absolute Gasteiger partial charge is 0.495 e. The van der Waals surface area contributed by atoms with Crippen LogP contribution in [0.2, 0.25) is 5.02 Å². The number of non-ortho nitro benzene ring substituents is 1. The van der Waals surface area contributed by atoms with Crippen LogP contribution < -0.4 is 21.3 Å². The number of aromatic nitrogens is 3. The van der Waals surface area contributed by atoms with Crippen LogP contribution in [0.25, 0.3) is 0 Å². The minimum Gasteiger partial charge on any atom is -0.495 e. The molecule has 0 saturated heterocycles. The van der Waals surface area contributed by atoms with Gasteiger partial charge in [-0.05, 0) is 35.9 Å². The summed E-state index contributed by atoms with van der Waals surface area (Å²) in [5.41, 5.74) is 3.69. The van der Waals surface area contributed by atoms with E-state index in [1.165, 1.54) is 25.5 Å². The van der Waals surface area contributed by atoms with Crippen molar-refractivity contribution >= 4 is 52.8 Å². The number of hydrazone groups is 1. The molecule has 0 bridgehead atoms. The van der Waals surface area contributed by atoms with Gasteiger partial charge in [-0.3, -0.25) is 14.9 Å². The van der Waals surface area contributed by atoms with Crippen LogP contribution in [0.1, 0.15) is 5.56 Å². The van der Waals surface area contributed by atoms with Gasteiger partial charge in [0, 0.05) is 17.2 Å². The highest BCUT2D eigenvalue weighted by Gasteiger charge is 2.13. The molecule has 4 N–H and O–H groups in total. The first kappa shape index (κ1) is 22.8. The van der Waals surface area contributed by atoms with Crippen molar-refractivity contribution in [2.45, 2.75) is 5.16 Å². The van der Waals surface area contributed by atoms with Crippen molar-refractivity contribution < 1.29 is 14.5 Å². The molecular formula is C18H17ClN8O4S. The van der Waals surface area contributed by atoms with E-state index in [4.69, 9.17) is 22.2 Å². The number of nitro benzene ring substituents is 1. The molecule has 0 radical (unpaired) electrons. The fourth-order valence-electron chi connectivity index (χ4n) is 2.39. The monoisotopic (exact) mass is 476 g/mol. The van der Waals surface area contributed by atoms with E-state index in [0.29, 0.717) is 22.0 Å². The summed E-state index contributed by atoms with van der Waals surface area (Å²) in [6.45, 7) is 0. The fraction of sp³-hybridized carbons (Fsp3) is 0.111. The third kappa shape index (κ3) is 5.86. The molecule has 0 aliphatic rings. The Hall–Kier alpha value is -3.84. The average molecular weight is 477 g/mol. The zero-order valence-corrected chi connectivity index (χ0v) is 18.1. The number of hydrogen-bond donors (Lipinski definition) is 3. The third-order valence-electron chi connectivity index (χ3n) is 3.91. The molecule has 0 aliphatic heterocycles. The quantitative estimate of drug-likeness (QED) is 0.138. The number of nitrogens with one attached hydrogen (secondary N) is 2. The lowest BCUT2D eigenvalue weighted by Gasteiger charge is -2.10. The Kier molecular flexibility index (Phi) is 7.46. The van der Waals surface area contributed by atoms with Gasteiger partial charge in [-0.2, -0.15) is 5.10 Å². The Labute approximate surface area is 190 Å². The van der Waals surface area contributed by atoms with Crippen molar-refractivity contribution in [2.75, 3.05) is 29.4 Å². The molecule has 0 spiro atoms. The summed E-state index contributed by atoms with van der Waals surface area (Å²) < 4.78 is 6.34. The predicted octanol–water partition coefficient (Wildman–Crippen LogP) is 2.74. The average Bonchev–Trinajstić information content (AvgIpc) is 3.12. The molecule has 0 fully saturated rings. The summed E-state index contributed by atoms with van der Waals surface area (Å²) in [5, 5.41) is 25.9. The lowest BCUT2D eigenvalue weighted by atomic mass is 10.2. The minimum atomic E-state index is -0.485. The van der Waals surface area contributed by atoms with Crippen LogP contribution in [0.15, 0.2) is 52.7 Å². The summed E-state index contributed by atoms with van der Waals surface area (Å²) in [6.07, 6.45) is 1.44. The molecule has 1 heterocycles. The van der Waals surface area contributed by atoms with Crippen molar-refractivity contribution in [3.05, 3.63) is 63.2 Å². The third-order valence-corrected chi connectivity index (χ3v) is 5.09. The SMILES string of the molecule is COc1ccc(Cl)cc1NC(=O)CSc1nnc(N/N=C/c2ccc([N+](=O)[O-])cc2)n1N. The number of carbonyl (C=O) groups is 1. The predicted molar refractivity (Wildman–Crippen MR) is 122 cm³/mol. The molecule has 32 heavy (non-hydrogen) atoms. The van der Waals surface area contributed by atoms with Crippen LogP contribution in [0.3, 0.4) is 0 Å². The van der Waals surface area contributed by atoms with Crippen molar-refractivity contribution in [2.24, 2.45) is 5.10 Å². The van der Waals surface area contributed by atoms with Gasteiger partial charge in [0.2, 0.25) is 11.1 Å². The number of nitro groups is 1. The lowest BCUT2D eigenvalue weighted by molar-refractivity contribution is -0.384. The Morgan fingerprint density at radius 3 is 2.78 bits per heavy atom. The van der Waals surface area contributed by atoms with Crippen LogP contribution in [0.5, 0.6) is 5.75 Å². The Morgan fingerprint density at radius 2 is 2.09 bits per heavy atom. The van der Waals surface area contributed by atoms with E-state index in [0.717, 1.165) is 16.4 Å². The van der Waals surface area contributed by atoms with E-state index >= 15 is 0 Å². The second kappa shape index (κ2) is 10.5. The van der Waals surface area contributed by atoms with Gasteiger partial charge in [-0.25, -0.2) is 10.1 Å². The van der Waals surface area contributed by atoms with Gasteiger partial charge in [-0.15, -0.1) is 10.2 Å². The summed E-state index contributed by atoms with van der Waals surface area (Å²) in [5.74, 6) is 6.25. The number of rotatable bonds is 9. The normalized spacial score (nSPS) is 10.8. The number of nitrogens with two attached hydrogens (primary N) is 1. The number of amides is 1. The van der Waals surface area contributed by atoms with Crippen LogP contribution in [-0.2, 0) is 4.79 Å². The molecule has 3 aromatic rings. The molecule has 0 unspecified atom stereocenters. The molecule has 166 valence electrons. The standard InChI is InChI=1S/C18H17ClN8O4S/c1-31-15-7-4-12(19)8-14(15)22-16(28)10-32-18-25-24-17(26(18)20)23-21-9-11-2-5-13(6-3-11)27(29)30/h2-9H,10,20H2,1H3,(H,22,28)(H,23,24)/b21-9+. The van der Waals surface area contributed by atoms with E-state index in [1.807, 2.05) is 0 Å². The van der Waals surface area contributed by atoms with Crippen molar-refractivity contribution in [3.63, 3.8) is 0 Å².